The highest BCUT2D eigenvalue weighted by molar-refractivity contribution is 5.96. The van der Waals surface area contributed by atoms with E-state index in [1.54, 1.807) is 10.8 Å². The average molecular weight is 410 g/mol. The normalized spacial score (nSPS) is 11.5. The van der Waals surface area contributed by atoms with Crippen LogP contribution in [0, 0.1) is 18.3 Å². The Balaban J connectivity index is 2.15. The van der Waals surface area contributed by atoms with Crippen LogP contribution in [-0.2, 0) is 6.54 Å². The lowest BCUT2D eigenvalue weighted by atomic mass is 10.1. The van der Waals surface area contributed by atoms with Crippen molar-refractivity contribution in [2.24, 2.45) is 5.92 Å². The molecular formula is C23H31N5O2. The van der Waals surface area contributed by atoms with Crippen molar-refractivity contribution in [2.45, 2.75) is 59.9 Å². The molecule has 0 saturated carbocycles. The Morgan fingerprint density at radius 2 is 2.00 bits per heavy atom. The van der Waals surface area contributed by atoms with Crippen LogP contribution in [0.3, 0.4) is 0 Å². The van der Waals surface area contributed by atoms with Gasteiger partial charge < -0.3 is 9.88 Å². The molecule has 3 aromatic rings. The van der Waals surface area contributed by atoms with Crippen LogP contribution in [0.4, 0.5) is 0 Å². The summed E-state index contributed by atoms with van der Waals surface area (Å²) in [6, 6.07) is 5.24. The van der Waals surface area contributed by atoms with Crippen LogP contribution in [-0.4, -0.2) is 26.4 Å². The second-order valence-corrected chi connectivity index (χ2v) is 8.27. The van der Waals surface area contributed by atoms with Crippen molar-refractivity contribution in [3.8, 4) is 0 Å². The summed E-state index contributed by atoms with van der Waals surface area (Å²) in [5, 5.41) is 11.9. The van der Waals surface area contributed by atoms with Crippen LogP contribution in [0.5, 0.6) is 0 Å². The first-order valence-electron chi connectivity index (χ1n) is 10.7. The molecule has 160 valence electrons. The summed E-state index contributed by atoms with van der Waals surface area (Å²) >= 11 is 0. The number of amides is 1. The number of aryl methyl sites for hydroxylation is 1. The van der Waals surface area contributed by atoms with Crippen LogP contribution in [0.15, 0.2) is 29.2 Å². The van der Waals surface area contributed by atoms with E-state index in [0.717, 1.165) is 31.2 Å². The largest absolute Gasteiger partial charge is 0.352 e. The summed E-state index contributed by atoms with van der Waals surface area (Å²) < 4.78 is 3.20. The third kappa shape index (κ3) is 4.30. The van der Waals surface area contributed by atoms with Crippen molar-refractivity contribution in [1.82, 2.24) is 19.3 Å². The Bertz CT molecular complexity index is 1190. The minimum atomic E-state index is -0.315. The van der Waals surface area contributed by atoms with Crippen molar-refractivity contribution >= 4 is 22.6 Å². The number of hydrogen-bond donors (Lipinski definition) is 2. The summed E-state index contributed by atoms with van der Waals surface area (Å²) in [6.45, 7) is 9.19. The maximum atomic E-state index is 13.2. The molecule has 7 heteroatoms. The third-order valence-corrected chi connectivity index (χ3v) is 5.24. The molecule has 0 aliphatic carbocycles. The maximum absolute atomic E-state index is 13.2. The van der Waals surface area contributed by atoms with Crippen molar-refractivity contribution in [3.05, 3.63) is 51.4 Å². The Kier molecular flexibility index (Phi) is 6.70. The van der Waals surface area contributed by atoms with Gasteiger partial charge in [-0.2, -0.15) is 0 Å². The van der Waals surface area contributed by atoms with Gasteiger partial charge in [0.05, 0.1) is 10.9 Å². The number of fused-ring (bicyclic) bond motifs is 2. The average Bonchev–Trinajstić information content (AvgIpc) is 2.70. The zero-order chi connectivity index (χ0) is 21.8. The lowest BCUT2D eigenvalue weighted by molar-refractivity contribution is 0.0950. The van der Waals surface area contributed by atoms with Gasteiger partial charge in [0.2, 0.25) is 0 Å². The molecule has 2 N–H and O–H groups in total. The number of carbonyl (C=O) groups is 1. The molecule has 0 aliphatic heterocycles. The standard InChI is InChI=1S/C23H31N5O2/c1-5-6-7-8-11-25-22(29)17-13-18-21(28(19(17)24)14-15(2)3)26-20-16(4)10-9-12-27(20)23(18)30/h9-10,12-13,15,24H,5-8,11,14H2,1-4H3,(H,25,29). The molecule has 7 nitrogen and oxygen atoms in total. The lowest BCUT2D eigenvalue weighted by Gasteiger charge is -2.16. The summed E-state index contributed by atoms with van der Waals surface area (Å²) in [4.78, 5) is 30.8. The predicted molar refractivity (Wildman–Crippen MR) is 119 cm³/mol. The van der Waals surface area contributed by atoms with E-state index >= 15 is 0 Å². The fraction of sp³-hybridized carbons (Fsp3) is 0.478. The molecule has 0 atom stereocenters. The first-order chi connectivity index (χ1) is 14.3. The highest BCUT2D eigenvalue weighted by Gasteiger charge is 2.18. The fourth-order valence-electron chi connectivity index (χ4n) is 3.66. The summed E-state index contributed by atoms with van der Waals surface area (Å²) in [5.41, 5.74) is 1.98. The van der Waals surface area contributed by atoms with Crippen molar-refractivity contribution in [3.63, 3.8) is 0 Å². The van der Waals surface area contributed by atoms with Crippen molar-refractivity contribution in [1.29, 1.82) is 5.41 Å². The number of rotatable bonds is 8. The topological polar surface area (TPSA) is 92.2 Å². The van der Waals surface area contributed by atoms with E-state index in [1.165, 1.54) is 10.5 Å². The van der Waals surface area contributed by atoms with E-state index in [0.29, 0.717) is 29.8 Å². The second kappa shape index (κ2) is 9.24. The number of unbranched alkanes of at least 4 members (excludes halogenated alkanes) is 3. The molecule has 0 spiro atoms. The van der Waals surface area contributed by atoms with Crippen molar-refractivity contribution < 1.29 is 4.79 Å². The number of hydrogen-bond acceptors (Lipinski definition) is 4. The molecule has 3 aromatic heterocycles. The molecule has 0 aliphatic rings. The van der Waals surface area contributed by atoms with E-state index in [-0.39, 0.29) is 28.4 Å². The van der Waals surface area contributed by atoms with E-state index in [1.807, 2.05) is 32.9 Å². The fourth-order valence-corrected chi connectivity index (χ4v) is 3.66. The van der Waals surface area contributed by atoms with Gasteiger partial charge in [0.15, 0.2) is 0 Å². The van der Waals surface area contributed by atoms with E-state index < -0.39 is 0 Å². The molecule has 0 bridgehead atoms. The molecule has 30 heavy (non-hydrogen) atoms. The summed E-state index contributed by atoms with van der Waals surface area (Å²) in [5.74, 6) is -0.0866. The number of pyridine rings is 2. The minimum Gasteiger partial charge on any atom is -0.352 e. The van der Waals surface area contributed by atoms with Gasteiger partial charge in [0, 0.05) is 19.3 Å². The van der Waals surface area contributed by atoms with E-state index in [9.17, 15) is 9.59 Å². The van der Waals surface area contributed by atoms with E-state index in [4.69, 9.17) is 10.4 Å². The summed E-state index contributed by atoms with van der Waals surface area (Å²) in [7, 11) is 0. The molecule has 3 heterocycles. The zero-order valence-electron chi connectivity index (χ0n) is 18.3. The Morgan fingerprint density at radius 1 is 1.23 bits per heavy atom. The molecule has 1 amide bonds. The van der Waals surface area contributed by atoms with Gasteiger partial charge in [-0.1, -0.05) is 46.1 Å². The molecule has 3 rings (SSSR count). The zero-order valence-corrected chi connectivity index (χ0v) is 18.3. The first-order valence-corrected chi connectivity index (χ1v) is 10.7. The quantitative estimate of drug-likeness (QED) is 0.441. The van der Waals surface area contributed by atoms with Crippen LogP contribution in [0.2, 0.25) is 0 Å². The van der Waals surface area contributed by atoms with Gasteiger partial charge in [-0.3, -0.25) is 19.4 Å². The molecular weight excluding hydrogens is 378 g/mol. The number of nitrogens with zero attached hydrogens (tertiary/aromatic N) is 3. The lowest BCUT2D eigenvalue weighted by Crippen LogP contribution is -2.36. The highest BCUT2D eigenvalue weighted by Crippen LogP contribution is 2.14. The molecule has 0 unspecified atom stereocenters. The van der Waals surface area contributed by atoms with E-state index in [2.05, 4.69) is 12.2 Å². The van der Waals surface area contributed by atoms with Crippen LogP contribution >= 0.6 is 0 Å². The highest BCUT2D eigenvalue weighted by atomic mass is 16.1. The van der Waals surface area contributed by atoms with Gasteiger partial charge in [-0.15, -0.1) is 0 Å². The minimum absolute atomic E-state index is 0.0899. The van der Waals surface area contributed by atoms with Gasteiger partial charge in [-0.25, -0.2) is 4.98 Å². The Morgan fingerprint density at radius 3 is 2.70 bits per heavy atom. The Labute approximate surface area is 176 Å². The second-order valence-electron chi connectivity index (χ2n) is 8.27. The SMILES string of the molecule is CCCCCCNC(=O)c1cc2c(=O)n3cccc(C)c3nc2n(CC(C)C)c1=N. The Hall–Kier alpha value is -2.96. The van der Waals surface area contributed by atoms with Gasteiger partial charge in [0.25, 0.3) is 11.5 Å². The number of carbonyl (C=O) groups excluding carboxylic acids is 1. The molecule has 0 radical (unpaired) electrons. The predicted octanol–water partition coefficient (Wildman–Crippen LogP) is 3.40. The van der Waals surface area contributed by atoms with Gasteiger partial charge in [-0.05, 0) is 37.0 Å². The summed E-state index contributed by atoms with van der Waals surface area (Å²) in [6.07, 6.45) is 5.92. The van der Waals surface area contributed by atoms with Gasteiger partial charge in [0.1, 0.15) is 16.8 Å². The molecule has 0 aromatic carbocycles. The smallest absolute Gasteiger partial charge is 0.267 e. The maximum Gasteiger partial charge on any atom is 0.267 e. The molecule has 0 saturated heterocycles. The van der Waals surface area contributed by atoms with Crippen molar-refractivity contribution in [2.75, 3.05) is 6.54 Å². The van der Waals surface area contributed by atoms with Crippen LogP contribution < -0.4 is 16.4 Å². The van der Waals surface area contributed by atoms with Gasteiger partial charge >= 0.3 is 0 Å². The first kappa shape index (κ1) is 21.7. The molecule has 0 fully saturated rings. The third-order valence-electron chi connectivity index (χ3n) is 5.24. The number of nitrogens with one attached hydrogen (secondary N) is 2. The van der Waals surface area contributed by atoms with Crippen LogP contribution in [0.25, 0.3) is 16.7 Å². The van der Waals surface area contributed by atoms with Crippen LogP contribution in [0.1, 0.15) is 62.4 Å². The monoisotopic (exact) mass is 409 g/mol. The number of aromatic nitrogens is 3.